The molecular weight excluding hydrogens is 392 g/mol. The lowest BCUT2D eigenvalue weighted by Crippen LogP contribution is -2.09. The van der Waals surface area contributed by atoms with Gasteiger partial charge in [0.15, 0.2) is 0 Å². The molecule has 28 heavy (non-hydrogen) atoms. The minimum absolute atomic E-state index is 0.214. The molecule has 2 aromatic carbocycles. The molecule has 6 heteroatoms. The summed E-state index contributed by atoms with van der Waals surface area (Å²) in [5, 5.41) is 19.6. The van der Waals surface area contributed by atoms with Gasteiger partial charge in [-0.25, -0.2) is 0 Å². The Morgan fingerprint density at radius 2 is 1.46 bits per heavy atom. The largest absolute Gasteiger partial charge is 0.508 e. The van der Waals surface area contributed by atoms with Crippen LogP contribution < -0.4 is 0 Å². The van der Waals surface area contributed by atoms with Gasteiger partial charge in [-0.1, -0.05) is 12.2 Å². The molecule has 2 N–H and O–H groups in total. The lowest BCUT2D eigenvalue weighted by molar-refractivity contribution is -0.139. The minimum Gasteiger partial charge on any atom is -0.508 e. The number of thioether (sulfide) groups is 2. The van der Waals surface area contributed by atoms with E-state index in [0.29, 0.717) is 25.2 Å². The lowest BCUT2D eigenvalue weighted by Gasteiger charge is -2.08. The number of aromatic hydroxyl groups is 2. The molecule has 2 rings (SSSR count). The summed E-state index contributed by atoms with van der Waals surface area (Å²) in [7, 11) is 0. The van der Waals surface area contributed by atoms with Crippen molar-refractivity contribution in [2.24, 2.45) is 0 Å². The number of phenols is 2. The SMILES string of the molecule is C=CCc1cc(SCCOC(=O)CSc2ccc(O)c(CC=C)c2)ccc1O. The second-order valence-electron chi connectivity index (χ2n) is 5.92. The van der Waals surface area contributed by atoms with Gasteiger partial charge >= 0.3 is 5.97 Å². The van der Waals surface area contributed by atoms with Crippen molar-refractivity contribution in [2.45, 2.75) is 22.6 Å². The highest BCUT2D eigenvalue weighted by atomic mass is 32.2. The molecule has 0 aliphatic carbocycles. The van der Waals surface area contributed by atoms with E-state index < -0.39 is 0 Å². The molecule has 0 unspecified atom stereocenters. The van der Waals surface area contributed by atoms with Crippen LogP contribution in [-0.4, -0.2) is 34.3 Å². The summed E-state index contributed by atoms with van der Waals surface area (Å²) in [5.74, 6) is 1.07. The first kappa shape index (κ1) is 22.0. The van der Waals surface area contributed by atoms with E-state index in [9.17, 15) is 15.0 Å². The predicted molar refractivity (Wildman–Crippen MR) is 116 cm³/mol. The zero-order valence-electron chi connectivity index (χ0n) is 15.6. The van der Waals surface area contributed by atoms with E-state index in [4.69, 9.17) is 4.74 Å². The average molecular weight is 417 g/mol. The molecule has 0 spiro atoms. The van der Waals surface area contributed by atoms with E-state index in [2.05, 4.69) is 13.2 Å². The quantitative estimate of drug-likeness (QED) is 0.233. The number of allylic oxidation sites excluding steroid dienone is 2. The molecule has 0 saturated carbocycles. The molecule has 0 atom stereocenters. The number of hydrogen-bond acceptors (Lipinski definition) is 6. The number of esters is 1. The normalized spacial score (nSPS) is 10.4. The van der Waals surface area contributed by atoms with Crippen LogP contribution in [0.25, 0.3) is 0 Å². The van der Waals surface area contributed by atoms with Crippen LogP contribution in [0.2, 0.25) is 0 Å². The average Bonchev–Trinajstić information content (AvgIpc) is 2.68. The van der Waals surface area contributed by atoms with Crippen LogP contribution in [-0.2, 0) is 22.4 Å². The molecule has 2 aromatic rings. The number of carbonyl (C=O) groups excluding carboxylic acids is 1. The Morgan fingerprint density at radius 3 is 2.00 bits per heavy atom. The number of phenolic OH excluding ortho intramolecular Hbond substituents is 2. The zero-order valence-corrected chi connectivity index (χ0v) is 17.2. The third-order valence-electron chi connectivity index (χ3n) is 3.80. The van der Waals surface area contributed by atoms with E-state index in [1.807, 2.05) is 18.2 Å². The second-order valence-corrected chi connectivity index (χ2v) is 8.14. The van der Waals surface area contributed by atoms with Crippen molar-refractivity contribution < 1.29 is 19.7 Å². The van der Waals surface area contributed by atoms with Crippen LogP contribution in [0.5, 0.6) is 11.5 Å². The smallest absolute Gasteiger partial charge is 0.316 e. The van der Waals surface area contributed by atoms with Crippen LogP contribution in [0, 0.1) is 0 Å². The molecule has 4 nitrogen and oxygen atoms in total. The van der Waals surface area contributed by atoms with Gasteiger partial charge in [0.05, 0.1) is 5.75 Å². The Hall–Kier alpha value is -2.31. The highest BCUT2D eigenvalue weighted by molar-refractivity contribution is 8.00. The summed E-state index contributed by atoms with van der Waals surface area (Å²) < 4.78 is 5.28. The molecular formula is C22H24O4S2. The van der Waals surface area contributed by atoms with Crippen molar-refractivity contribution >= 4 is 29.5 Å². The van der Waals surface area contributed by atoms with Crippen molar-refractivity contribution in [3.63, 3.8) is 0 Å². The molecule has 0 aromatic heterocycles. The van der Waals surface area contributed by atoms with E-state index in [1.54, 1.807) is 42.1 Å². The van der Waals surface area contributed by atoms with Crippen molar-refractivity contribution in [3.05, 3.63) is 72.8 Å². The molecule has 0 amide bonds. The first-order chi connectivity index (χ1) is 13.5. The Kier molecular flexibility index (Phi) is 9.04. The maximum Gasteiger partial charge on any atom is 0.316 e. The summed E-state index contributed by atoms with van der Waals surface area (Å²) >= 11 is 2.94. The van der Waals surface area contributed by atoms with Gasteiger partial charge in [-0.15, -0.1) is 36.7 Å². The van der Waals surface area contributed by atoms with Crippen LogP contribution in [0.4, 0.5) is 0 Å². The molecule has 0 heterocycles. The van der Waals surface area contributed by atoms with Crippen molar-refractivity contribution in [1.82, 2.24) is 0 Å². The van der Waals surface area contributed by atoms with Gasteiger partial charge in [0.25, 0.3) is 0 Å². The standard InChI is InChI=1S/C22H24O4S2/c1-3-5-16-13-18(7-9-20(16)23)27-12-11-26-22(25)15-28-19-8-10-21(24)17(14-19)6-4-2/h3-4,7-10,13-14,23-24H,1-2,5-6,11-12,15H2. The first-order valence-corrected chi connectivity index (χ1v) is 10.8. The van der Waals surface area contributed by atoms with Crippen molar-refractivity contribution in [1.29, 1.82) is 0 Å². The Morgan fingerprint density at radius 1 is 0.929 bits per heavy atom. The number of carbonyl (C=O) groups is 1. The van der Waals surface area contributed by atoms with Gasteiger partial charge < -0.3 is 14.9 Å². The molecule has 0 saturated heterocycles. The van der Waals surface area contributed by atoms with E-state index in [1.165, 1.54) is 11.8 Å². The monoisotopic (exact) mass is 416 g/mol. The fourth-order valence-corrected chi connectivity index (χ4v) is 3.99. The highest BCUT2D eigenvalue weighted by Gasteiger charge is 2.07. The summed E-state index contributed by atoms with van der Waals surface area (Å²) in [6, 6.07) is 10.7. The molecule has 148 valence electrons. The fraction of sp³-hybridized carbons (Fsp3) is 0.227. The number of ether oxygens (including phenoxy) is 1. The maximum absolute atomic E-state index is 11.9. The third kappa shape index (κ3) is 7.02. The van der Waals surface area contributed by atoms with Gasteiger partial charge in [0, 0.05) is 15.5 Å². The fourth-order valence-electron chi connectivity index (χ4n) is 2.44. The lowest BCUT2D eigenvalue weighted by atomic mass is 10.1. The van der Waals surface area contributed by atoms with Gasteiger partial charge in [0.2, 0.25) is 0 Å². The van der Waals surface area contributed by atoms with Crippen LogP contribution >= 0.6 is 23.5 Å². The van der Waals surface area contributed by atoms with Crippen LogP contribution in [0.3, 0.4) is 0 Å². The summed E-state index contributed by atoms with van der Waals surface area (Å²) in [5.41, 5.74) is 1.62. The van der Waals surface area contributed by atoms with E-state index in [-0.39, 0.29) is 23.2 Å². The first-order valence-electron chi connectivity index (χ1n) is 8.80. The molecule has 0 aliphatic heterocycles. The second kappa shape index (κ2) is 11.5. The Bertz CT molecular complexity index is 833. The number of hydrogen-bond donors (Lipinski definition) is 2. The molecule has 0 radical (unpaired) electrons. The van der Waals surface area contributed by atoms with E-state index in [0.717, 1.165) is 20.9 Å². The number of benzene rings is 2. The molecule has 0 bridgehead atoms. The maximum atomic E-state index is 11.9. The molecule has 0 fully saturated rings. The van der Waals surface area contributed by atoms with Crippen LogP contribution in [0.1, 0.15) is 11.1 Å². The van der Waals surface area contributed by atoms with Gasteiger partial charge in [-0.2, -0.15) is 0 Å². The summed E-state index contributed by atoms with van der Waals surface area (Å²) in [4.78, 5) is 13.8. The molecule has 0 aliphatic rings. The Labute approximate surface area is 174 Å². The Balaban J connectivity index is 1.73. The zero-order chi connectivity index (χ0) is 20.4. The van der Waals surface area contributed by atoms with E-state index >= 15 is 0 Å². The summed E-state index contributed by atoms with van der Waals surface area (Å²) in [6.07, 6.45) is 4.66. The highest BCUT2D eigenvalue weighted by Crippen LogP contribution is 2.27. The summed E-state index contributed by atoms with van der Waals surface area (Å²) in [6.45, 7) is 7.68. The van der Waals surface area contributed by atoms with Gasteiger partial charge in [-0.05, 0) is 60.4 Å². The van der Waals surface area contributed by atoms with Crippen molar-refractivity contribution in [3.8, 4) is 11.5 Å². The topological polar surface area (TPSA) is 66.8 Å². The predicted octanol–water partition coefficient (Wildman–Crippen LogP) is 4.98. The number of rotatable bonds is 11. The van der Waals surface area contributed by atoms with Gasteiger partial charge in [-0.3, -0.25) is 4.79 Å². The van der Waals surface area contributed by atoms with Crippen LogP contribution in [0.15, 0.2) is 71.5 Å². The third-order valence-corrected chi connectivity index (χ3v) is 5.73. The van der Waals surface area contributed by atoms with Gasteiger partial charge in [0.1, 0.15) is 18.1 Å². The van der Waals surface area contributed by atoms with Crippen molar-refractivity contribution in [2.75, 3.05) is 18.1 Å². The minimum atomic E-state index is -0.276.